The molecule has 0 aromatic heterocycles. The van der Waals surface area contributed by atoms with Crippen LogP contribution in [0.2, 0.25) is 0 Å². The molecule has 2 unspecified atom stereocenters. The summed E-state index contributed by atoms with van der Waals surface area (Å²) in [6.45, 7) is 4.83. The second kappa shape index (κ2) is 10.5. The van der Waals surface area contributed by atoms with Gasteiger partial charge >= 0.3 is 0 Å². The monoisotopic (exact) mass is 374 g/mol. The van der Waals surface area contributed by atoms with E-state index in [4.69, 9.17) is 9.47 Å². The van der Waals surface area contributed by atoms with E-state index in [1.807, 2.05) is 7.05 Å². The van der Waals surface area contributed by atoms with Gasteiger partial charge < -0.3 is 20.1 Å². The van der Waals surface area contributed by atoms with Crippen LogP contribution in [-0.4, -0.2) is 63.9 Å². The highest BCUT2D eigenvalue weighted by Crippen LogP contribution is 2.25. The van der Waals surface area contributed by atoms with E-state index < -0.39 is 0 Å². The molecular weight excluding hydrogens is 340 g/mol. The van der Waals surface area contributed by atoms with Crippen molar-refractivity contribution in [3.8, 4) is 5.75 Å². The van der Waals surface area contributed by atoms with Gasteiger partial charge in [0.2, 0.25) is 0 Å². The first kappa shape index (κ1) is 20.0. The minimum absolute atomic E-state index is 0.308. The molecule has 2 heterocycles. The predicted octanol–water partition coefficient (Wildman–Crippen LogP) is 2.57. The number of nitrogens with one attached hydrogen (secondary N) is 2. The van der Waals surface area contributed by atoms with Gasteiger partial charge in [0.15, 0.2) is 5.96 Å². The molecule has 2 fully saturated rings. The lowest BCUT2D eigenvalue weighted by Crippen LogP contribution is -2.46. The zero-order chi connectivity index (χ0) is 18.9. The highest BCUT2D eigenvalue weighted by molar-refractivity contribution is 5.79. The number of hydrogen-bond acceptors (Lipinski definition) is 4. The molecule has 0 aliphatic carbocycles. The number of methoxy groups -OCH3 is 1. The summed E-state index contributed by atoms with van der Waals surface area (Å²) in [6.07, 6.45) is 6.49. The second-order valence-corrected chi connectivity index (χ2v) is 7.35. The van der Waals surface area contributed by atoms with Crippen molar-refractivity contribution < 1.29 is 9.47 Å². The van der Waals surface area contributed by atoms with Gasteiger partial charge in [-0.2, -0.15) is 0 Å². The molecular formula is C21H34N4O2. The number of rotatable bonds is 7. The highest BCUT2D eigenvalue weighted by atomic mass is 16.5. The molecule has 1 aromatic carbocycles. The summed E-state index contributed by atoms with van der Waals surface area (Å²) in [4.78, 5) is 6.98. The third kappa shape index (κ3) is 5.84. The number of ether oxygens (including phenoxy) is 2. The maximum atomic E-state index is 5.69. The van der Waals surface area contributed by atoms with Crippen LogP contribution in [0.25, 0.3) is 0 Å². The summed E-state index contributed by atoms with van der Waals surface area (Å²) in [5, 5.41) is 6.94. The van der Waals surface area contributed by atoms with Crippen LogP contribution in [-0.2, 0) is 4.74 Å². The molecule has 150 valence electrons. The van der Waals surface area contributed by atoms with E-state index in [2.05, 4.69) is 44.8 Å². The van der Waals surface area contributed by atoms with Crippen molar-refractivity contribution in [2.45, 2.75) is 44.2 Å². The van der Waals surface area contributed by atoms with Gasteiger partial charge in [-0.1, -0.05) is 18.6 Å². The summed E-state index contributed by atoms with van der Waals surface area (Å²) in [7, 11) is 3.54. The maximum absolute atomic E-state index is 5.69. The third-order valence-electron chi connectivity index (χ3n) is 5.54. The zero-order valence-corrected chi connectivity index (χ0v) is 16.7. The van der Waals surface area contributed by atoms with Crippen molar-refractivity contribution in [3.63, 3.8) is 0 Å². The maximum Gasteiger partial charge on any atom is 0.191 e. The molecule has 2 atom stereocenters. The fourth-order valence-corrected chi connectivity index (χ4v) is 3.94. The van der Waals surface area contributed by atoms with Gasteiger partial charge in [-0.3, -0.25) is 9.89 Å². The minimum Gasteiger partial charge on any atom is -0.497 e. The topological polar surface area (TPSA) is 58.1 Å². The second-order valence-electron chi connectivity index (χ2n) is 7.35. The zero-order valence-electron chi connectivity index (χ0n) is 16.7. The first-order chi connectivity index (χ1) is 13.3. The summed E-state index contributed by atoms with van der Waals surface area (Å²) in [5.41, 5.74) is 1.32. The van der Waals surface area contributed by atoms with E-state index in [1.165, 1.54) is 24.8 Å². The predicted molar refractivity (Wildman–Crippen MR) is 109 cm³/mol. The van der Waals surface area contributed by atoms with Crippen LogP contribution in [0.3, 0.4) is 0 Å². The molecule has 27 heavy (non-hydrogen) atoms. The molecule has 3 rings (SSSR count). The molecule has 2 aliphatic rings. The molecule has 6 nitrogen and oxygen atoms in total. The molecule has 6 heteroatoms. The van der Waals surface area contributed by atoms with Crippen molar-refractivity contribution in [2.24, 2.45) is 4.99 Å². The average molecular weight is 375 g/mol. The van der Waals surface area contributed by atoms with Crippen LogP contribution >= 0.6 is 0 Å². The van der Waals surface area contributed by atoms with E-state index in [9.17, 15) is 0 Å². The summed E-state index contributed by atoms with van der Waals surface area (Å²) in [5.74, 6) is 1.75. The van der Waals surface area contributed by atoms with Crippen molar-refractivity contribution in [1.29, 1.82) is 0 Å². The largest absolute Gasteiger partial charge is 0.497 e. The van der Waals surface area contributed by atoms with Crippen LogP contribution in [0.4, 0.5) is 0 Å². The van der Waals surface area contributed by atoms with Crippen LogP contribution < -0.4 is 15.4 Å². The lowest BCUT2D eigenvalue weighted by Gasteiger charge is -2.35. The van der Waals surface area contributed by atoms with E-state index >= 15 is 0 Å². The Bertz CT molecular complexity index is 578. The molecule has 2 N–H and O–H groups in total. The van der Waals surface area contributed by atoms with Gasteiger partial charge in [-0.05, 0) is 56.5 Å². The number of benzene rings is 1. The lowest BCUT2D eigenvalue weighted by molar-refractivity contribution is 0.113. The molecule has 0 saturated carbocycles. The first-order valence-electron chi connectivity index (χ1n) is 10.2. The molecule has 1 aromatic rings. The minimum atomic E-state index is 0.308. The summed E-state index contributed by atoms with van der Waals surface area (Å²) in [6, 6.07) is 8.80. The van der Waals surface area contributed by atoms with Gasteiger partial charge in [0.1, 0.15) is 5.75 Å². The molecule has 0 spiro atoms. The van der Waals surface area contributed by atoms with E-state index in [0.29, 0.717) is 12.1 Å². The highest BCUT2D eigenvalue weighted by Gasteiger charge is 2.23. The normalized spacial score (nSPS) is 22.4. The quantitative estimate of drug-likeness (QED) is 0.567. The molecule has 0 amide bonds. The number of aliphatic imine (C=N–C) groups is 1. The van der Waals surface area contributed by atoms with Crippen molar-refractivity contribution in [2.75, 3.05) is 46.9 Å². The van der Waals surface area contributed by atoms with Gasteiger partial charge in [-0.25, -0.2) is 0 Å². The third-order valence-corrected chi connectivity index (χ3v) is 5.54. The number of piperidine rings is 1. The molecule has 0 radical (unpaired) electrons. The average Bonchev–Trinajstić information content (AvgIpc) is 3.25. The Labute approximate surface area is 163 Å². The number of nitrogens with zero attached hydrogens (tertiary/aromatic N) is 2. The van der Waals surface area contributed by atoms with Crippen LogP contribution in [0, 0.1) is 0 Å². The Hall–Kier alpha value is -1.79. The fourth-order valence-electron chi connectivity index (χ4n) is 3.94. The standard InChI is InChI=1S/C21H34N4O2/c1-22-21(23-15-19-7-6-14-27-19)24-16-20(25-12-4-3-5-13-25)17-8-10-18(26-2)11-9-17/h8-11,19-20H,3-7,12-16H2,1-2H3,(H2,22,23,24). The lowest BCUT2D eigenvalue weighted by atomic mass is 10.0. The Morgan fingerprint density at radius 1 is 1.19 bits per heavy atom. The molecule has 2 saturated heterocycles. The Balaban J connectivity index is 1.60. The first-order valence-corrected chi connectivity index (χ1v) is 10.2. The van der Waals surface area contributed by atoms with Gasteiger partial charge in [0.25, 0.3) is 0 Å². The van der Waals surface area contributed by atoms with Gasteiger partial charge in [-0.15, -0.1) is 0 Å². The van der Waals surface area contributed by atoms with E-state index in [-0.39, 0.29) is 0 Å². The number of likely N-dealkylation sites (tertiary alicyclic amines) is 1. The Morgan fingerprint density at radius 3 is 2.59 bits per heavy atom. The van der Waals surface area contributed by atoms with Gasteiger partial charge in [0.05, 0.1) is 19.3 Å². The van der Waals surface area contributed by atoms with E-state index in [1.54, 1.807) is 7.11 Å². The molecule has 0 bridgehead atoms. The van der Waals surface area contributed by atoms with Crippen molar-refractivity contribution in [1.82, 2.24) is 15.5 Å². The SMILES string of the molecule is CN=C(NCC1CCCO1)NCC(c1ccc(OC)cc1)N1CCCCC1. The van der Waals surface area contributed by atoms with Crippen molar-refractivity contribution in [3.05, 3.63) is 29.8 Å². The van der Waals surface area contributed by atoms with Crippen LogP contribution in [0.15, 0.2) is 29.3 Å². The van der Waals surface area contributed by atoms with Crippen LogP contribution in [0.5, 0.6) is 5.75 Å². The smallest absolute Gasteiger partial charge is 0.191 e. The van der Waals surface area contributed by atoms with E-state index in [0.717, 1.165) is 57.3 Å². The number of hydrogen-bond donors (Lipinski definition) is 2. The van der Waals surface area contributed by atoms with Crippen LogP contribution in [0.1, 0.15) is 43.7 Å². The fraction of sp³-hybridized carbons (Fsp3) is 0.667. The Kier molecular flexibility index (Phi) is 7.78. The van der Waals surface area contributed by atoms with Gasteiger partial charge in [0, 0.05) is 26.7 Å². The van der Waals surface area contributed by atoms with Crippen molar-refractivity contribution >= 4 is 5.96 Å². The molecule has 2 aliphatic heterocycles. The Morgan fingerprint density at radius 2 is 1.96 bits per heavy atom. The number of guanidine groups is 1. The summed E-state index contributed by atoms with van der Waals surface area (Å²) < 4.78 is 11.0. The summed E-state index contributed by atoms with van der Waals surface area (Å²) >= 11 is 0.